The van der Waals surface area contributed by atoms with Gasteiger partial charge in [0.05, 0.1) is 31.5 Å². The number of benzene rings is 3. The number of hydrogen-bond acceptors (Lipinski definition) is 4. The van der Waals surface area contributed by atoms with Crippen molar-refractivity contribution < 1.29 is 9.47 Å². The Kier molecular flexibility index (Phi) is 6.25. The topological polar surface area (TPSA) is 60.1 Å². The zero-order valence-corrected chi connectivity index (χ0v) is 18.4. The third kappa shape index (κ3) is 4.09. The molecule has 0 saturated carbocycles. The molecule has 0 fully saturated rings. The Hall–Kier alpha value is -4.01. The van der Waals surface area contributed by atoms with Gasteiger partial charge in [0.1, 0.15) is 10.8 Å². The largest absolute Gasteiger partial charge is 0.493 e. The summed E-state index contributed by atoms with van der Waals surface area (Å²) in [4.78, 5) is 0. The minimum absolute atomic E-state index is 0.420. The molecule has 0 spiro atoms. The van der Waals surface area contributed by atoms with E-state index in [4.69, 9.17) is 26.2 Å². The summed E-state index contributed by atoms with van der Waals surface area (Å²) in [5.74, 6) is 1.13. The first-order valence-electron chi connectivity index (χ1n) is 9.89. The molecular formula is C26H20ClN3O2. The van der Waals surface area contributed by atoms with Gasteiger partial charge < -0.3 is 9.47 Å². The van der Waals surface area contributed by atoms with Gasteiger partial charge in [-0.05, 0) is 42.0 Å². The average molecular weight is 442 g/mol. The molecule has 0 unspecified atom stereocenters. The summed E-state index contributed by atoms with van der Waals surface area (Å²) in [7, 11) is 3.13. The minimum atomic E-state index is 0.420. The van der Waals surface area contributed by atoms with Crippen LogP contribution < -0.4 is 9.47 Å². The van der Waals surface area contributed by atoms with Gasteiger partial charge in [0.25, 0.3) is 0 Å². The second kappa shape index (κ2) is 9.42. The van der Waals surface area contributed by atoms with Gasteiger partial charge >= 0.3 is 0 Å². The predicted molar refractivity (Wildman–Crippen MR) is 127 cm³/mol. The maximum Gasteiger partial charge on any atom is 0.161 e. The maximum absolute atomic E-state index is 9.95. The van der Waals surface area contributed by atoms with Crippen LogP contribution in [-0.4, -0.2) is 24.0 Å². The second-order valence-corrected chi connectivity index (χ2v) is 7.26. The molecule has 32 heavy (non-hydrogen) atoms. The van der Waals surface area contributed by atoms with E-state index in [0.717, 1.165) is 11.3 Å². The Morgan fingerprint density at radius 3 is 2.22 bits per heavy atom. The zero-order chi connectivity index (χ0) is 22.5. The molecule has 0 N–H and O–H groups in total. The first-order valence-corrected chi connectivity index (χ1v) is 10.3. The van der Waals surface area contributed by atoms with E-state index in [2.05, 4.69) is 6.07 Å². The third-order valence-electron chi connectivity index (χ3n) is 5.01. The van der Waals surface area contributed by atoms with E-state index in [0.29, 0.717) is 39.0 Å². The number of allylic oxidation sites excluding steroid dienone is 1. The molecule has 0 atom stereocenters. The highest BCUT2D eigenvalue weighted by atomic mass is 35.5. The lowest BCUT2D eigenvalue weighted by molar-refractivity contribution is 0.355. The molecule has 158 valence electrons. The maximum atomic E-state index is 9.95. The van der Waals surface area contributed by atoms with E-state index < -0.39 is 0 Å². The number of hydrogen-bond donors (Lipinski definition) is 0. The molecule has 0 bridgehead atoms. The van der Waals surface area contributed by atoms with Crippen molar-refractivity contribution in [2.24, 2.45) is 0 Å². The van der Waals surface area contributed by atoms with Crippen molar-refractivity contribution >= 4 is 23.3 Å². The van der Waals surface area contributed by atoms with Gasteiger partial charge in [-0.15, -0.1) is 0 Å². The van der Waals surface area contributed by atoms with E-state index in [9.17, 15) is 5.26 Å². The van der Waals surface area contributed by atoms with Crippen LogP contribution in [0.25, 0.3) is 28.6 Å². The smallest absolute Gasteiger partial charge is 0.161 e. The summed E-state index contributed by atoms with van der Waals surface area (Å²) in [6, 6.07) is 27.0. The van der Waals surface area contributed by atoms with Crippen molar-refractivity contribution in [3.05, 3.63) is 95.1 Å². The minimum Gasteiger partial charge on any atom is -0.493 e. The Bertz CT molecular complexity index is 1310. The average Bonchev–Trinajstić information content (AvgIpc) is 3.18. The number of rotatable bonds is 6. The lowest BCUT2D eigenvalue weighted by Gasteiger charge is -2.09. The van der Waals surface area contributed by atoms with Gasteiger partial charge in [-0.3, -0.25) is 0 Å². The molecule has 1 heterocycles. The SMILES string of the molecule is COc1ccc(C(C#N)=Cc2c(-c3ccccc3)nn(-c3ccccc3)c2Cl)cc1OC. The highest BCUT2D eigenvalue weighted by molar-refractivity contribution is 6.32. The van der Waals surface area contributed by atoms with Crippen LogP contribution in [-0.2, 0) is 0 Å². The molecule has 4 aromatic rings. The molecule has 0 amide bonds. The Balaban J connectivity index is 1.91. The van der Waals surface area contributed by atoms with Crippen LogP contribution in [0.3, 0.4) is 0 Å². The highest BCUT2D eigenvalue weighted by Crippen LogP contribution is 2.35. The fourth-order valence-electron chi connectivity index (χ4n) is 3.42. The summed E-state index contributed by atoms with van der Waals surface area (Å²) in [5, 5.41) is 15.1. The number of nitriles is 1. The van der Waals surface area contributed by atoms with Crippen LogP contribution in [0, 0.1) is 11.3 Å². The van der Waals surface area contributed by atoms with Crippen molar-refractivity contribution in [2.45, 2.75) is 0 Å². The van der Waals surface area contributed by atoms with E-state index in [1.807, 2.05) is 66.7 Å². The number of nitrogens with zero attached hydrogens (tertiary/aromatic N) is 3. The molecule has 0 radical (unpaired) electrons. The molecule has 5 nitrogen and oxygen atoms in total. The highest BCUT2D eigenvalue weighted by Gasteiger charge is 2.19. The molecule has 6 heteroatoms. The van der Waals surface area contributed by atoms with Crippen LogP contribution in [0.15, 0.2) is 78.9 Å². The monoisotopic (exact) mass is 441 g/mol. The number of para-hydroxylation sites is 1. The number of halogens is 1. The van der Waals surface area contributed by atoms with Gasteiger partial charge in [-0.2, -0.15) is 10.4 Å². The van der Waals surface area contributed by atoms with Crippen LogP contribution in [0.1, 0.15) is 11.1 Å². The van der Waals surface area contributed by atoms with Crippen molar-refractivity contribution in [1.29, 1.82) is 5.26 Å². The lowest BCUT2D eigenvalue weighted by Crippen LogP contribution is -1.96. The lowest BCUT2D eigenvalue weighted by atomic mass is 10.0. The number of aromatic nitrogens is 2. The second-order valence-electron chi connectivity index (χ2n) is 6.91. The predicted octanol–water partition coefficient (Wildman–Crippen LogP) is 6.27. The quantitative estimate of drug-likeness (QED) is 0.330. The van der Waals surface area contributed by atoms with Crippen LogP contribution in [0.4, 0.5) is 0 Å². The molecule has 0 aliphatic heterocycles. The van der Waals surface area contributed by atoms with Gasteiger partial charge in [0.15, 0.2) is 11.5 Å². The van der Waals surface area contributed by atoms with Crippen molar-refractivity contribution in [2.75, 3.05) is 14.2 Å². The molecule has 0 aliphatic carbocycles. The van der Waals surface area contributed by atoms with Crippen LogP contribution >= 0.6 is 11.6 Å². The summed E-state index contributed by atoms with van der Waals surface area (Å²) in [5.41, 5.74) is 4.20. The normalized spacial score (nSPS) is 11.1. The first-order chi connectivity index (χ1) is 15.7. The van der Waals surface area contributed by atoms with Crippen molar-refractivity contribution in [3.63, 3.8) is 0 Å². The van der Waals surface area contributed by atoms with E-state index >= 15 is 0 Å². The fourth-order valence-corrected chi connectivity index (χ4v) is 3.69. The van der Waals surface area contributed by atoms with Crippen molar-refractivity contribution in [1.82, 2.24) is 9.78 Å². The molecule has 4 rings (SSSR count). The molecule has 0 aliphatic rings. The molecular weight excluding hydrogens is 422 g/mol. The van der Waals surface area contributed by atoms with E-state index in [-0.39, 0.29) is 0 Å². The Morgan fingerprint density at radius 2 is 1.59 bits per heavy atom. The Labute approximate surface area is 191 Å². The Morgan fingerprint density at radius 1 is 0.938 bits per heavy atom. The summed E-state index contributed by atoms with van der Waals surface area (Å²) >= 11 is 6.81. The third-order valence-corrected chi connectivity index (χ3v) is 5.38. The van der Waals surface area contributed by atoms with Gasteiger partial charge in [-0.25, -0.2) is 4.68 Å². The van der Waals surface area contributed by atoms with E-state index in [1.165, 1.54) is 0 Å². The van der Waals surface area contributed by atoms with Crippen LogP contribution in [0.5, 0.6) is 11.5 Å². The number of ether oxygens (including phenoxy) is 2. The van der Waals surface area contributed by atoms with Gasteiger partial charge in [0.2, 0.25) is 0 Å². The summed E-state index contributed by atoms with van der Waals surface area (Å²) in [6.07, 6.45) is 1.76. The van der Waals surface area contributed by atoms with Gasteiger partial charge in [0, 0.05) is 11.1 Å². The molecule has 1 aromatic heterocycles. The van der Waals surface area contributed by atoms with Gasteiger partial charge in [-0.1, -0.05) is 60.1 Å². The number of methoxy groups -OCH3 is 2. The summed E-state index contributed by atoms with van der Waals surface area (Å²) in [6.45, 7) is 0. The van der Waals surface area contributed by atoms with E-state index in [1.54, 1.807) is 37.1 Å². The zero-order valence-electron chi connectivity index (χ0n) is 17.6. The first kappa shape index (κ1) is 21.2. The molecule has 3 aromatic carbocycles. The molecule has 0 saturated heterocycles. The summed E-state index contributed by atoms with van der Waals surface area (Å²) < 4.78 is 12.4. The standard InChI is InChI=1S/C26H20ClN3O2/c1-31-23-14-13-19(16-24(23)32-2)20(17-28)15-22-25(18-9-5-3-6-10-18)29-30(26(22)27)21-11-7-4-8-12-21/h3-16H,1-2H3. The fraction of sp³-hybridized carbons (Fsp3) is 0.0769. The van der Waals surface area contributed by atoms with Crippen LogP contribution in [0.2, 0.25) is 5.15 Å². The van der Waals surface area contributed by atoms with Crippen molar-refractivity contribution in [3.8, 4) is 34.5 Å².